The molecule has 4 N–H and O–H groups in total. The quantitative estimate of drug-likeness (QED) is 0.575. The van der Waals surface area contributed by atoms with E-state index < -0.39 is 6.10 Å². The maximum atomic E-state index is 11.9. The van der Waals surface area contributed by atoms with Gasteiger partial charge in [0, 0.05) is 18.3 Å². The third-order valence-electron chi connectivity index (χ3n) is 4.00. The van der Waals surface area contributed by atoms with Crippen LogP contribution < -0.4 is 15.4 Å². The van der Waals surface area contributed by atoms with Crippen LogP contribution in [0, 0.1) is 13.0 Å². The van der Waals surface area contributed by atoms with Gasteiger partial charge in [-0.1, -0.05) is 0 Å². The number of nitrogens with zero attached hydrogens (tertiary/aromatic N) is 1. The van der Waals surface area contributed by atoms with Crippen LogP contribution in [0.5, 0.6) is 5.75 Å². The molecule has 1 fully saturated rings. The average Bonchev–Trinajstić information content (AvgIpc) is 3.20. The molecule has 1 aromatic carbocycles. The Morgan fingerprint density at radius 3 is 3.12 bits per heavy atom. The Balaban J connectivity index is 1.47. The lowest BCUT2D eigenvalue weighted by atomic mass is 10.1. The lowest BCUT2D eigenvalue weighted by Gasteiger charge is -2.12. The van der Waals surface area contributed by atoms with Crippen LogP contribution in [0.1, 0.15) is 12.1 Å². The zero-order valence-corrected chi connectivity index (χ0v) is 13.5. The van der Waals surface area contributed by atoms with Crippen LogP contribution in [0.4, 0.5) is 0 Å². The van der Waals surface area contributed by atoms with Gasteiger partial charge in [0.05, 0.1) is 24.4 Å². The van der Waals surface area contributed by atoms with Gasteiger partial charge < -0.3 is 20.5 Å². The number of aromatic amines is 1. The van der Waals surface area contributed by atoms with Gasteiger partial charge in [-0.25, -0.2) is 0 Å². The van der Waals surface area contributed by atoms with Crippen molar-refractivity contribution in [3.05, 3.63) is 36.2 Å². The van der Waals surface area contributed by atoms with Crippen LogP contribution in [0.15, 0.2) is 24.4 Å². The highest BCUT2D eigenvalue weighted by Crippen LogP contribution is 2.24. The SMILES string of the molecule is Cc1n[nH]cc1-c1c[c]cc(OCCNC(=O)C2CC(O)CN2)c1. The van der Waals surface area contributed by atoms with Crippen LogP contribution in [-0.2, 0) is 4.79 Å². The second-order valence-corrected chi connectivity index (χ2v) is 5.83. The summed E-state index contributed by atoms with van der Waals surface area (Å²) in [4.78, 5) is 11.9. The number of H-pyrrole nitrogens is 1. The molecule has 0 saturated carbocycles. The van der Waals surface area contributed by atoms with Crippen molar-refractivity contribution in [2.45, 2.75) is 25.5 Å². The summed E-state index contributed by atoms with van der Waals surface area (Å²) in [5.74, 6) is 0.584. The zero-order valence-electron chi connectivity index (χ0n) is 13.5. The van der Waals surface area contributed by atoms with E-state index in [1.165, 1.54) is 0 Å². The van der Waals surface area contributed by atoms with Gasteiger partial charge in [-0.3, -0.25) is 9.89 Å². The number of aromatic nitrogens is 2. The van der Waals surface area contributed by atoms with Crippen molar-refractivity contribution in [3.63, 3.8) is 0 Å². The van der Waals surface area contributed by atoms with Crippen LogP contribution >= 0.6 is 0 Å². The van der Waals surface area contributed by atoms with E-state index in [-0.39, 0.29) is 11.9 Å². The smallest absolute Gasteiger partial charge is 0.237 e. The summed E-state index contributed by atoms with van der Waals surface area (Å²) in [6, 6.07) is 8.29. The first kappa shape index (κ1) is 16.5. The van der Waals surface area contributed by atoms with E-state index in [2.05, 4.69) is 26.9 Å². The fourth-order valence-electron chi connectivity index (χ4n) is 2.72. The van der Waals surface area contributed by atoms with E-state index >= 15 is 0 Å². The number of ether oxygens (including phenoxy) is 1. The van der Waals surface area contributed by atoms with Crippen molar-refractivity contribution < 1.29 is 14.6 Å². The number of aryl methyl sites for hydroxylation is 1. The third kappa shape index (κ3) is 3.93. The van der Waals surface area contributed by atoms with Gasteiger partial charge in [-0.15, -0.1) is 0 Å². The average molecular weight is 329 g/mol. The van der Waals surface area contributed by atoms with Crippen molar-refractivity contribution >= 4 is 5.91 Å². The minimum absolute atomic E-state index is 0.107. The van der Waals surface area contributed by atoms with Gasteiger partial charge in [-0.2, -0.15) is 5.10 Å². The maximum Gasteiger partial charge on any atom is 0.237 e. The predicted molar refractivity (Wildman–Crippen MR) is 88.5 cm³/mol. The fraction of sp³-hybridized carbons (Fsp3) is 0.412. The maximum absolute atomic E-state index is 11.9. The van der Waals surface area contributed by atoms with Crippen molar-refractivity contribution in [2.24, 2.45) is 0 Å². The molecule has 0 spiro atoms. The molecular formula is C17H21N4O3. The molecule has 7 nitrogen and oxygen atoms in total. The molecule has 24 heavy (non-hydrogen) atoms. The number of carbonyl (C=O) groups is 1. The van der Waals surface area contributed by atoms with E-state index in [0.29, 0.717) is 31.9 Å². The van der Waals surface area contributed by atoms with Crippen molar-refractivity contribution in [1.82, 2.24) is 20.8 Å². The van der Waals surface area contributed by atoms with Gasteiger partial charge in [0.15, 0.2) is 0 Å². The van der Waals surface area contributed by atoms with Crippen LogP contribution in [0.25, 0.3) is 11.1 Å². The van der Waals surface area contributed by atoms with Gasteiger partial charge in [0.2, 0.25) is 5.91 Å². The number of benzene rings is 1. The Morgan fingerprint density at radius 1 is 1.54 bits per heavy atom. The summed E-state index contributed by atoms with van der Waals surface area (Å²) in [6.07, 6.45) is 1.85. The Labute approximate surface area is 140 Å². The summed E-state index contributed by atoms with van der Waals surface area (Å²) in [7, 11) is 0. The third-order valence-corrected chi connectivity index (χ3v) is 4.00. The zero-order chi connectivity index (χ0) is 16.9. The van der Waals surface area contributed by atoms with Crippen LogP contribution in [0.3, 0.4) is 0 Å². The normalized spacial score (nSPS) is 20.1. The minimum Gasteiger partial charge on any atom is -0.492 e. The molecule has 0 bridgehead atoms. The molecule has 0 aliphatic carbocycles. The van der Waals surface area contributed by atoms with Crippen molar-refractivity contribution in [3.8, 4) is 16.9 Å². The highest BCUT2D eigenvalue weighted by atomic mass is 16.5. The summed E-state index contributed by atoms with van der Waals surface area (Å²) in [5, 5.41) is 22.1. The first-order chi connectivity index (χ1) is 11.6. The molecule has 2 unspecified atom stereocenters. The summed E-state index contributed by atoms with van der Waals surface area (Å²) in [6.45, 7) is 3.16. The number of aliphatic hydroxyl groups is 1. The molecule has 2 heterocycles. The van der Waals surface area contributed by atoms with Crippen LogP contribution in [0.2, 0.25) is 0 Å². The first-order valence-electron chi connectivity index (χ1n) is 7.97. The number of nitrogens with one attached hydrogen (secondary N) is 3. The molecule has 127 valence electrons. The van der Waals surface area contributed by atoms with E-state index in [1.807, 2.05) is 25.3 Å². The predicted octanol–water partition coefficient (Wildman–Crippen LogP) is 0.403. The molecule has 3 rings (SSSR count). The van der Waals surface area contributed by atoms with Gasteiger partial charge in [0.1, 0.15) is 12.4 Å². The van der Waals surface area contributed by atoms with E-state index in [4.69, 9.17) is 4.74 Å². The van der Waals surface area contributed by atoms with Crippen molar-refractivity contribution in [1.29, 1.82) is 0 Å². The molecule has 1 amide bonds. The molecular weight excluding hydrogens is 308 g/mol. The second kappa shape index (κ2) is 7.46. The van der Waals surface area contributed by atoms with Crippen molar-refractivity contribution in [2.75, 3.05) is 19.7 Å². The highest BCUT2D eigenvalue weighted by Gasteiger charge is 2.27. The Kier molecular flexibility index (Phi) is 5.12. The Hall–Kier alpha value is -2.38. The van der Waals surface area contributed by atoms with E-state index in [0.717, 1.165) is 16.8 Å². The van der Waals surface area contributed by atoms with E-state index in [9.17, 15) is 9.90 Å². The summed E-state index contributed by atoms with van der Waals surface area (Å²) >= 11 is 0. The number of hydrogen-bond donors (Lipinski definition) is 4. The molecule has 7 heteroatoms. The molecule has 1 aliphatic rings. The van der Waals surface area contributed by atoms with Gasteiger partial charge in [-0.05, 0) is 43.2 Å². The monoisotopic (exact) mass is 329 g/mol. The number of amides is 1. The van der Waals surface area contributed by atoms with Crippen LogP contribution in [-0.4, -0.2) is 53.1 Å². The number of carbonyl (C=O) groups excluding carboxylic acids is 1. The molecule has 1 aromatic heterocycles. The van der Waals surface area contributed by atoms with Gasteiger partial charge in [0.25, 0.3) is 0 Å². The lowest BCUT2D eigenvalue weighted by molar-refractivity contribution is -0.123. The molecule has 1 saturated heterocycles. The standard InChI is InChI=1S/C17H21N4O3/c1-11-15(10-20-21-11)12-3-2-4-14(7-12)24-6-5-18-17(23)16-8-13(22)9-19-16/h3-4,7,10,13,16,19,22H,5-6,8-9H2,1H3,(H,18,23)(H,20,21). The number of hydrogen-bond acceptors (Lipinski definition) is 5. The highest BCUT2D eigenvalue weighted by molar-refractivity contribution is 5.82. The topological polar surface area (TPSA) is 99.3 Å². The molecule has 2 atom stereocenters. The number of rotatable bonds is 6. The Morgan fingerprint density at radius 2 is 2.42 bits per heavy atom. The second-order valence-electron chi connectivity index (χ2n) is 5.83. The largest absolute Gasteiger partial charge is 0.492 e. The summed E-state index contributed by atoms with van der Waals surface area (Å²) in [5.41, 5.74) is 2.90. The van der Waals surface area contributed by atoms with E-state index in [1.54, 1.807) is 6.07 Å². The summed E-state index contributed by atoms with van der Waals surface area (Å²) < 4.78 is 5.67. The fourth-order valence-corrected chi connectivity index (χ4v) is 2.72. The number of aliphatic hydroxyl groups excluding tert-OH is 1. The lowest BCUT2D eigenvalue weighted by Crippen LogP contribution is -2.41. The first-order valence-corrected chi connectivity index (χ1v) is 7.97. The number of β-amino-alcohol motifs (C(OH)–C–C–N with tert-alkyl or cyclic N) is 1. The minimum atomic E-state index is -0.443. The Bertz CT molecular complexity index is 701. The van der Waals surface area contributed by atoms with Gasteiger partial charge >= 0.3 is 0 Å². The molecule has 1 aliphatic heterocycles. The molecule has 1 radical (unpaired) electrons. The molecule has 2 aromatic rings.